The van der Waals surface area contributed by atoms with Gasteiger partial charge in [-0.05, 0) is 106 Å². The van der Waals surface area contributed by atoms with Crippen LogP contribution in [0.2, 0.25) is 0 Å². The Bertz CT molecular complexity index is 1120. The van der Waals surface area contributed by atoms with Gasteiger partial charge in [-0.2, -0.15) is 0 Å². The number of amides is 1. The number of likely N-dealkylation sites (tertiary alicyclic amines) is 1. The van der Waals surface area contributed by atoms with Gasteiger partial charge in [0.25, 0.3) is 0 Å². The molecular formula is C29H37N3O3. The lowest BCUT2D eigenvalue weighted by Gasteiger charge is -2.40. The van der Waals surface area contributed by atoms with Crippen LogP contribution in [0.5, 0.6) is 5.75 Å². The molecular weight excluding hydrogens is 438 g/mol. The van der Waals surface area contributed by atoms with Crippen LogP contribution in [-0.2, 0) is 17.6 Å². The molecule has 0 spiro atoms. The van der Waals surface area contributed by atoms with Crippen LogP contribution in [0.25, 0.3) is 10.9 Å². The molecule has 1 aromatic heterocycles. The standard InChI is InChI=1S/C29H37N3O3/c1-22-21-30-27-13-12-24(35-2)20-26(27)25(22)11-6-14-29(28(33)31-34)15-18-32(19-16-29)17-7-10-23-8-4-3-5-9-23/h3-5,8-9,12-13,20-21,34H,6-7,10-11,14-19H2,1-2H3,(H,31,33). The predicted molar refractivity (Wildman–Crippen MR) is 139 cm³/mol. The second kappa shape index (κ2) is 11.6. The van der Waals surface area contributed by atoms with Crippen LogP contribution in [0.1, 0.15) is 48.8 Å². The third kappa shape index (κ3) is 6.00. The van der Waals surface area contributed by atoms with Crippen molar-refractivity contribution in [1.82, 2.24) is 15.4 Å². The fourth-order valence-electron chi connectivity index (χ4n) is 5.45. The van der Waals surface area contributed by atoms with Crippen LogP contribution in [0.15, 0.2) is 54.7 Å². The van der Waals surface area contributed by atoms with Crippen molar-refractivity contribution in [2.75, 3.05) is 26.7 Å². The maximum Gasteiger partial charge on any atom is 0.249 e. The first-order valence-corrected chi connectivity index (χ1v) is 12.7. The van der Waals surface area contributed by atoms with Gasteiger partial charge in [0.2, 0.25) is 5.91 Å². The summed E-state index contributed by atoms with van der Waals surface area (Å²) in [4.78, 5) is 19.8. The number of ether oxygens (including phenoxy) is 1. The molecule has 1 amide bonds. The molecule has 4 rings (SSSR count). The summed E-state index contributed by atoms with van der Waals surface area (Å²) in [5.41, 5.74) is 6.20. The Kier molecular flexibility index (Phi) is 8.37. The van der Waals surface area contributed by atoms with Gasteiger partial charge in [0, 0.05) is 11.6 Å². The Morgan fingerprint density at radius 3 is 2.60 bits per heavy atom. The number of aryl methyl sites for hydroxylation is 3. The number of hydroxylamine groups is 1. The molecule has 186 valence electrons. The summed E-state index contributed by atoms with van der Waals surface area (Å²) >= 11 is 0. The molecule has 35 heavy (non-hydrogen) atoms. The number of pyridine rings is 1. The fraction of sp³-hybridized carbons (Fsp3) is 0.448. The highest BCUT2D eigenvalue weighted by atomic mass is 16.5. The number of nitrogens with one attached hydrogen (secondary N) is 1. The van der Waals surface area contributed by atoms with Gasteiger partial charge in [-0.15, -0.1) is 0 Å². The molecule has 0 bridgehead atoms. The van der Waals surface area contributed by atoms with Crippen LogP contribution >= 0.6 is 0 Å². The zero-order chi connectivity index (χ0) is 24.7. The molecule has 6 nitrogen and oxygen atoms in total. The third-order valence-corrected chi connectivity index (χ3v) is 7.66. The van der Waals surface area contributed by atoms with Gasteiger partial charge in [0.05, 0.1) is 18.0 Å². The van der Waals surface area contributed by atoms with Gasteiger partial charge in [0.15, 0.2) is 0 Å². The summed E-state index contributed by atoms with van der Waals surface area (Å²) < 4.78 is 5.43. The number of hydrogen-bond donors (Lipinski definition) is 2. The number of carbonyl (C=O) groups excluding carboxylic acids is 1. The maximum atomic E-state index is 12.8. The molecule has 1 saturated heterocycles. The lowest BCUT2D eigenvalue weighted by atomic mass is 9.73. The second-order valence-electron chi connectivity index (χ2n) is 9.81. The van der Waals surface area contributed by atoms with Crippen LogP contribution in [-0.4, -0.2) is 47.7 Å². The van der Waals surface area contributed by atoms with Crippen LogP contribution in [0.3, 0.4) is 0 Å². The Morgan fingerprint density at radius 2 is 1.89 bits per heavy atom. The van der Waals surface area contributed by atoms with Gasteiger partial charge in [-0.1, -0.05) is 30.3 Å². The average Bonchev–Trinajstić information content (AvgIpc) is 2.90. The number of fused-ring (bicyclic) bond motifs is 1. The van der Waals surface area contributed by atoms with E-state index in [1.807, 2.05) is 23.8 Å². The van der Waals surface area contributed by atoms with E-state index in [2.05, 4.69) is 53.2 Å². The molecule has 0 unspecified atom stereocenters. The minimum absolute atomic E-state index is 0.237. The zero-order valence-electron chi connectivity index (χ0n) is 20.9. The van der Waals surface area contributed by atoms with Crippen molar-refractivity contribution in [2.45, 2.75) is 51.9 Å². The summed E-state index contributed by atoms with van der Waals surface area (Å²) in [6, 6.07) is 16.6. The lowest BCUT2D eigenvalue weighted by Crippen LogP contribution is -2.48. The van der Waals surface area contributed by atoms with E-state index in [-0.39, 0.29) is 5.91 Å². The number of piperidine rings is 1. The SMILES string of the molecule is COc1ccc2ncc(C)c(CCCC3(C(=O)NO)CCN(CCCc4ccccc4)CC3)c2c1. The molecule has 0 saturated carbocycles. The lowest BCUT2D eigenvalue weighted by molar-refractivity contribution is -0.143. The molecule has 1 aliphatic rings. The molecule has 6 heteroatoms. The van der Waals surface area contributed by atoms with Gasteiger partial charge < -0.3 is 9.64 Å². The van der Waals surface area contributed by atoms with E-state index in [4.69, 9.17) is 4.74 Å². The van der Waals surface area contributed by atoms with E-state index < -0.39 is 5.41 Å². The summed E-state index contributed by atoms with van der Waals surface area (Å²) in [5.74, 6) is 0.585. The quantitative estimate of drug-likeness (QED) is 0.315. The second-order valence-corrected chi connectivity index (χ2v) is 9.81. The van der Waals surface area contributed by atoms with Crippen molar-refractivity contribution in [3.8, 4) is 5.75 Å². The summed E-state index contributed by atoms with van der Waals surface area (Å²) in [7, 11) is 1.68. The van der Waals surface area contributed by atoms with Crippen LogP contribution in [0.4, 0.5) is 0 Å². The number of benzene rings is 2. The van der Waals surface area contributed by atoms with E-state index in [9.17, 15) is 10.0 Å². The monoisotopic (exact) mass is 475 g/mol. The zero-order valence-corrected chi connectivity index (χ0v) is 20.9. The Balaban J connectivity index is 1.36. The molecule has 1 aliphatic heterocycles. The highest BCUT2D eigenvalue weighted by Gasteiger charge is 2.40. The maximum absolute atomic E-state index is 12.8. The van der Waals surface area contributed by atoms with E-state index >= 15 is 0 Å². The molecule has 2 aromatic carbocycles. The molecule has 0 atom stereocenters. The highest BCUT2D eigenvalue weighted by molar-refractivity contribution is 5.84. The third-order valence-electron chi connectivity index (χ3n) is 7.66. The van der Waals surface area contributed by atoms with Crippen molar-refractivity contribution in [2.24, 2.45) is 5.41 Å². The number of nitrogens with zero attached hydrogens (tertiary/aromatic N) is 2. The van der Waals surface area contributed by atoms with Crippen molar-refractivity contribution >= 4 is 16.8 Å². The number of carbonyl (C=O) groups is 1. The number of hydrogen-bond acceptors (Lipinski definition) is 5. The Morgan fingerprint density at radius 1 is 1.11 bits per heavy atom. The van der Waals surface area contributed by atoms with Crippen molar-refractivity contribution in [3.05, 3.63) is 71.4 Å². The number of methoxy groups -OCH3 is 1. The van der Waals surface area contributed by atoms with Gasteiger partial charge >= 0.3 is 0 Å². The summed E-state index contributed by atoms with van der Waals surface area (Å²) in [5, 5.41) is 10.6. The van der Waals surface area contributed by atoms with Crippen LogP contribution in [0, 0.1) is 12.3 Å². The normalized spacial score (nSPS) is 15.7. The van der Waals surface area contributed by atoms with E-state index in [0.717, 1.165) is 86.8 Å². The van der Waals surface area contributed by atoms with E-state index in [0.29, 0.717) is 0 Å². The van der Waals surface area contributed by atoms with Crippen molar-refractivity contribution in [3.63, 3.8) is 0 Å². The van der Waals surface area contributed by atoms with Crippen LogP contribution < -0.4 is 10.2 Å². The molecule has 0 aliphatic carbocycles. The number of aromatic nitrogens is 1. The van der Waals surface area contributed by atoms with Gasteiger partial charge in [-0.3, -0.25) is 15.0 Å². The Hall–Kier alpha value is -2.96. The largest absolute Gasteiger partial charge is 0.497 e. The minimum atomic E-state index is -0.515. The van der Waals surface area contributed by atoms with E-state index in [1.165, 1.54) is 11.1 Å². The van der Waals surface area contributed by atoms with Gasteiger partial charge in [-0.25, -0.2) is 5.48 Å². The van der Waals surface area contributed by atoms with Crippen molar-refractivity contribution < 1.29 is 14.7 Å². The topological polar surface area (TPSA) is 74.7 Å². The highest BCUT2D eigenvalue weighted by Crippen LogP contribution is 2.38. The first-order chi connectivity index (χ1) is 17.0. The first-order valence-electron chi connectivity index (χ1n) is 12.7. The average molecular weight is 476 g/mol. The predicted octanol–water partition coefficient (Wildman–Crippen LogP) is 5.09. The minimum Gasteiger partial charge on any atom is -0.497 e. The van der Waals surface area contributed by atoms with E-state index in [1.54, 1.807) is 7.11 Å². The van der Waals surface area contributed by atoms with Crippen molar-refractivity contribution in [1.29, 1.82) is 0 Å². The Labute approximate surface area is 208 Å². The summed E-state index contributed by atoms with van der Waals surface area (Å²) in [6.07, 6.45) is 8.14. The first kappa shape index (κ1) is 25.1. The summed E-state index contributed by atoms with van der Waals surface area (Å²) in [6.45, 7) is 4.90. The fourth-order valence-corrected chi connectivity index (χ4v) is 5.45. The molecule has 3 aromatic rings. The molecule has 2 heterocycles. The molecule has 1 fully saturated rings. The number of rotatable bonds is 10. The smallest absolute Gasteiger partial charge is 0.249 e. The molecule has 2 N–H and O–H groups in total. The molecule has 0 radical (unpaired) electrons. The van der Waals surface area contributed by atoms with Gasteiger partial charge in [0.1, 0.15) is 5.75 Å².